The molecule has 1 aromatic carbocycles. The summed E-state index contributed by atoms with van der Waals surface area (Å²) in [7, 11) is 0. The van der Waals surface area contributed by atoms with Gasteiger partial charge in [0, 0.05) is 5.92 Å². The molecule has 5 heteroatoms. The largest absolute Gasteiger partial charge is 0.465 e. The summed E-state index contributed by atoms with van der Waals surface area (Å²) in [5.41, 5.74) is 0.959. The van der Waals surface area contributed by atoms with Crippen LogP contribution in [0, 0.1) is 5.92 Å². The van der Waals surface area contributed by atoms with Crippen molar-refractivity contribution in [1.82, 2.24) is 4.90 Å². The Morgan fingerprint density at radius 3 is 1.88 bits per heavy atom. The standard InChI is InChI=1S/C20H31NO4/c1-5-21(6-2)15-14-17(16-12-10-9-11-13-16)18(19(22)24-7-3)20(23)25-8-4/h9-13,17-18H,5-8,14-15H2,1-4H3. The molecule has 0 radical (unpaired) electrons. The Balaban J connectivity index is 3.13. The summed E-state index contributed by atoms with van der Waals surface area (Å²) in [5.74, 6) is -2.21. The molecular weight excluding hydrogens is 318 g/mol. The van der Waals surface area contributed by atoms with E-state index in [1.807, 2.05) is 30.3 Å². The zero-order valence-electron chi connectivity index (χ0n) is 15.9. The lowest BCUT2D eigenvalue weighted by Crippen LogP contribution is -2.35. The minimum Gasteiger partial charge on any atom is -0.465 e. The summed E-state index contributed by atoms with van der Waals surface area (Å²) >= 11 is 0. The van der Waals surface area contributed by atoms with Crippen molar-refractivity contribution in [1.29, 1.82) is 0 Å². The molecule has 25 heavy (non-hydrogen) atoms. The average Bonchev–Trinajstić information content (AvgIpc) is 2.62. The lowest BCUT2D eigenvalue weighted by atomic mass is 9.83. The highest BCUT2D eigenvalue weighted by molar-refractivity contribution is 5.96. The maximum atomic E-state index is 12.5. The fraction of sp³-hybridized carbons (Fsp3) is 0.600. The first-order valence-electron chi connectivity index (χ1n) is 9.19. The number of esters is 2. The van der Waals surface area contributed by atoms with Crippen molar-refractivity contribution in [2.24, 2.45) is 5.92 Å². The third-order valence-electron chi connectivity index (χ3n) is 4.36. The predicted molar refractivity (Wildman–Crippen MR) is 98.3 cm³/mol. The van der Waals surface area contributed by atoms with Gasteiger partial charge in [0.15, 0.2) is 5.92 Å². The summed E-state index contributed by atoms with van der Waals surface area (Å²) in [5, 5.41) is 0. The smallest absolute Gasteiger partial charge is 0.320 e. The number of hydrogen-bond donors (Lipinski definition) is 0. The number of benzene rings is 1. The summed E-state index contributed by atoms with van der Waals surface area (Å²) < 4.78 is 10.4. The zero-order chi connectivity index (χ0) is 18.7. The molecule has 1 rings (SSSR count). The number of carbonyl (C=O) groups is 2. The lowest BCUT2D eigenvalue weighted by molar-refractivity contribution is -0.163. The van der Waals surface area contributed by atoms with Crippen LogP contribution in [0.1, 0.15) is 45.6 Å². The quantitative estimate of drug-likeness (QED) is 0.453. The summed E-state index contributed by atoms with van der Waals surface area (Å²) in [4.78, 5) is 27.3. The first kappa shape index (κ1) is 21.2. The normalized spacial score (nSPS) is 12.2. The third kappa shape index (κ3) is 6.50. The van der Waals surface area contributed by atoms with Crippen LogP contribution in [-0.4, -0.2) is 49.7 Å². The summed E-state index contributed by atoms with van der Waals surface area (Å²) in [6.07, 6.45) is 0.688. The molecule has 1 atom stereocenters. The van der Waals surface area contributed by atoms with Gasteiger partial charge in [-0.25, -0.2) is 0 Å². The van der Waals surface area contributed by atoms with E-state index in [-0.39, 0.29) is 19.1 Å². The SMILES string of the molecule is CCOC(=O)C(C(=O)OCC)C(CCN(CC)CC)c1ccccc1. The van der Waals surface area contributed by atoms with Gasteiger partial charge >= 0.3 is 11.9 Å². The fourth-order valence-corrected chi connectivity index (χ4v) is 2.98. The van der Waals surface area contributed by atoms with E-state index in [4.69, 9.17) is 9.47 Å². The van der Waals surface area contributed by atoms with Crippen molar-refractivity contribution in [3.63, 3.8) is 0 Å². The van der Waals surface area contributed by atoms with E-state index in [1.165, 1.54) is 0 Å². The van der Waals surface area contributed by atoms with Crippen molar-refractivity contribution in [3.8, 4) is 0 Å². The molecule has 0 aliphatic heterocycles. The number of ether oxygens (including phenoxy) is 2. The molecule has 140 valence electrons. The minimum absolute atomic E-state index is 0.242. The first-order valence-corrected chi connectivity index (χ1v) is 9.19. The molecule has 5 nitrogen and oxygen atoms in total. The number of nitrogens with zero attached hydrogens (tertiary/aromatic N) is 1. The molecule has 0 bridgehead atoms. The van der Waals surface area contributed by atoms with E-state index < -0.39 is 17.9 Å². The van der Waals surface area contributed by atoms with E-state index in [0.717, 1.165) is 25.2 Å². The Hall–Kier alpha value is -1.88. The summed E-state index contributed by atoms with van der Waals surface area (Å²) in [6, 6.07) is 9.69. The van der Waals surface area contributed by atoms with Crippen LogP contribution in [-0.2, 0) is 19.1 Å². The number of carbonyl (C=O) groups excluding carboxylic acids is 2. The van der Waals surface area contributed by atoms with Crippen LogP contribution in [0.3, 0.4) is 0 Å². The van der Waals surface area contributed by atoms with Crippen LogP contribution < -0.4 is 0 Å². The Morgan fingerprint density at radius 1 is 0.920 bits per heavy atom. The maximum absolute atomic E-state index is 12.5. The van der Waals surface area contributed by atoms with E-state index in [2.05, 4.69) is 18.7 Å². The van der Waals surface area contributed by atoms with Crippen molar-refractivity contribution in [2.45, 2.75) is 40.0 Å². The Kier molecular flexibility index (Phi) is 9.85. The minimum atomic E-state index is -0.933. The monoisotopic (exact) mass is 349 g/mol. The number of rotatable bonds is 11. The molecule has 1 aromatic rings. The van der Waals surface area contributed by atoms with Crippen LogP contribution in [0.25, 0.3) is 0 Å². The van der Waals surface area contributed by atoms with Gasteiger partial charge in [-0.15, -0.1) is 0 Å². The molecule has 0 aliphatic rings. The lowest BCUT2D eigenvalue weighted by Gasteiger charge is -2.27. The molecule has 0 fully saturated rings. The summed E-state index contributed by atoms with van der Waals surface area (Å²) in [6.45, 7) is 10.9. The molecular formula is C20H31NO4. The number of hydrogen-bond acceptors (Lipinski definition) is 5. The van der Waals surface area contributed by atoms with Gasteiger partial charge < -0.3 is 14.4 Å². The van der Waals surface area contributed by atoms with Gasteiger partial charge in [0.05, 0.1) is 13.2 Å². The topological polar surface area (TPSA) is 55.8 Å². The molecule has 0 aliphatic carbocycles. The molecule has 0 aromatic heterocycles. The Labute approximate surface area is 151 Å². The second-order valence-electron chi connectivity index (χ2n) is 5.81. The molecule has 0 saturated carbocycles. The highest BCUT2D eigenvalue weighted by Gasteiger charge is 2.38. The van der Waals surface area contributed by atoms with Crippen LogP contribution in [0.2, 0.25) is 0 Å². The van der Waals surface area contributed by atoms with Gasteiger partial charge in [0.25, 0.3) is 0 Å². The van der Waals surface area contributed by atoms with Gasteiger partial charge in [0.2, 0.25) is 0 Å². The van der Waals surface area contributed by atoms with Gasteiger partial charge in [-0.05, 0) is 45.5 Å². The Bertz CT molecular complexity index is 496. The molecule has 0 heterocycles. The highest BCUT2D eigenvalue weighted by Crippen LogP contribution is 2.31. The van der Waals surface area contributed by atoms with E-state index in [0.29, 0.717) is 6.42 Å². The van der Waals surface area contributed by atoms with Gasteiger partial charge in [-0.3, -0.25) is 9.59 Å². The fourth-order valence-electron chi connectivity index (χ4n) is 2.98. The predicted octanol–water partition coefficient (Wildman–Crippen LogP) is 3.24. The van der Waals surface area contributed by atoms with Crippen molar-refractivity contribution in [3.05, 3.63) is 35.9 Å². The van der Waals surface area contributed by atoms with Crippen molar-refractivity contribution >= 4 is 11.9 Å². The molecule has 0 saturated heterocycles. The van der Waals surface area contributed by atoms with Gasteiger partial charge in [-0.1, -0.05) is 44.2 Å². The van der Waals surface area contributed by atoms with Crippen LogP contribution in [0.5, 0.6) is 0 Å². The molecule has 0 spiro atoms. The second kappa shape index (κ2) is 11.6. The molecule has 0 N–H and O–H groups in total. The van der Waals surface area contributed by atoms with Gasteiger partial charge in [0.1, 0.15) is 0 Å². The van der Waals surface area contributed by atoms with E-state index >= 15 is 0 Å². The van der Waals surface area contributed by atoms with E-state index in [9.17, 15) is 9.59 Å². The second-order valence-corrected chi connectivity index (χ2v) is 5.81. The maximum Gasteiger partial charge on any atom is 0.320 e. The molecule has 0 amide bonds. The average molecular weight is 349 g/mol. The first-order chi connectivity index (χ1) is 12.1. The van der Waals surface area contributed by atoms with Crippen LogP contribution in [0.4, 0.5) is 0 Å². The van der Waals surface area contributed by atoms with E-state index in [1.54, 1.807) is 13.8 Å². The highest BCUT2D eigenvalue weighted by atomic mass is 16.6. The van der Waals surface area contributed by atoms with Crippen molar-refractivity contribution < 1.29 is 19.1 Å². The van der Waals surface area contributed by atoms with Crippen LogP contribution in [0.15, 0.2) is 30.3 Å². The van der Waals surface area contributed by atoms with Gasteiger partial charge in [-0.2, -0.15) is 0 Å². The van der Waals surface area contributed by atoms with Crippen LogP contribution >= 0.6 is 0 Å². The Morgan fingerprint density at radius 2 is 1.44 bits per heavy atom. The third-order valence-corrected chi connectivity index (χ3v) is 4.36. The molecule has 1 unspecified atom stereocenters. The van der Waals surface area contributed by atoms with Crippen molar-refractivity contribution in [2.75, 3.05) is 32.8 Å². The zero-order valence-corrected chi connectivity index (χ0v) is 15.9.